The van der Waals surface area contributed by atoms with Gasteiger partial charge in [-0.05, 0) is 38.2 Å². The molecule has 2 heterocycles. The van der Waals surface area contributed by atoms with E-state index in [1.807, 2.05) is 13.1 Å². The van der Waals surface area contributed by atoms with Gasteiger partial charge < -0.3 is 15.5 Å². The van der Waals surface area contributed by atoms with Crippen molar-refractivity contribution in [1.29, 1.82) is 0 Å². The largest absolute Gasteiger partial charge is 0.354 e. The molecule has 1 saturated heterocycles. The van der Waals surface area contributed by atoms with Gasteiger partial charge in [0.25, 0.3) is 0 Å². The van der Waals surface area contributed by atoms with E-state index in [0.717, 1.165) is 37.8 Å². The van der Waals surface area contributed by atoms with Gasteiger partial charge in [0.2, 0.25) is 5.95 Å². The number of piperidine rings is 1. The molecule has 1 saturated carbocycles. The first kappa shape index (κ1) is 14.1. The standard InChI is InChI=1S/C15H24N6/c1-16-14(19-12-5-2-6-12)20-13-7-3-10-21(11-13)15-17-8-4-9-18-15/h4,8-9,12-13H,2-3,5-7,10-11H2,1H3,(H2,16,19,20). The Kier molecular flexibility index (Phi) is 4.52. The van der Waals surface area contributed by atoms with Gasteiger partial charge >= 0.3 is 0 Å². The number of aromatic nitrogens is 2. The van der Waals surface area contributed by atoms with Gasteiger partial charge in [-0.25, -0.2) is 9.97 Å². The van der Waals surface area contributed by atoms with Crippen molar-refractivity contribution in [3.63, 3.8) is 0 Å². The number of anilines is 1. The Hall–Kier alpha value is -1.85. The zero-order valence-corrected chi connectivity index (χ0v) is 12.6. The normalized spacial score (nSPS) is 23.6. The second-order valence-corrected chi connectivity index (χ2v) is 5.82. The van der Waals surface area contributed by atoms with Crippen LogP contribution in [0.5, 0.6) is 0 Å². The smallest absolute Gasteiger partial charge is 0.225 e. The summed E-state index contributed by atoms with van der Waals surface area (Å²) < 4.78 is 0. The van der Waals surface area contributed by atoms with E-state index in [9.17, 15) is 0 Å². The first-order chi connectivity index (χ1) is 10.3. The van der Waals surface area contributed by atoms with Crippen molar-refractivity contribution >= 4 is 11.9 Å². The third-order valence-corrected chi connectivity index (χ3v) is 4.27. The second kappa shape index (κ2) is 6.74. The maximum Gasteiger partial charge on any atom is 0.225 e. The predicted molar refractivity (Wildman–Crippen MR) is 84.5 cm³/mol. The van der Waals surface area contributed by atoms with Crippen LogP contribution in [0.25, 0.3) is 0 Å². The molecule has 114 valence electrons. The molecule has 6 heteroatoms. The molecular formula is C15H24N6. The molecule has 3 rings (SSSR count). The van der Waals surface area contributed by atoms with Crippen LogP contribution in [0.15, 0.2) is 23.5 Å². The van der Waals surface area contributed by atoms with Crippen LogP contribution >= 0.6 is 0 Å². The Morgan fingerprint density at radius 2 is 1.86 bits per heavy atom. The van der Waals surface area contributed by atoms with Gasteiger partial charge in [-0.15, -0.1) is 0 Å². The van der Waals surface area contributed by atoms with Crippen molar-refractivity contribution in [3.05, 3.63) is 18.5 Å². The Morgan fingerprint density at radius 3 is 2.52 bits per heavy atom. The molecule has 2 aliphatic rings. The third kappa shape index (κ3) is 3.62. The quantitative estimate of drug-likeness (QED) is 0.645. The summed E-state index contributed by atoms with van der Waals surface area (Å²) >= 11 is 0. The zero-order chi connectivity index (χ0) is 14.5. The van der Waals surface area contributed by atoms with Crippen molar-refractivity contribution in [1.82, 2.24) is 20.6 Å². The minimum absolute atomic E-state index is 0.397. The number of nitrogens with zero attached hydrogens (tertiary/aromatic N) is 4. The fourth-order valence-corrected chi connectivity index (χ4v) is 2.84. The molecule has 1 unspecified atom stereocenters. The number of hydrogen-bond donors (Lipinski definition) is 2. The van der Waals surface area contributed by atoms with Crippen molar-refractivity contribution in [3.8, 4) is 0 Å². The lowest BCUT2D eigenvalue weighted by molar-refractivity contribution is 0.374. The summed E-state index contributed by atoms with van der Waals surface area (Å²) in [6.07, 6.45) is 9.76. The average molecular weight is 288 g/mol. The van der Waals surface area contributed by atoms with Crippen LogP contribution in [-0.4, -0.2) is 48.1 Å². The topological polar surface area (TPSA) is 65.4 Å². The summed E-state index contributed by atoms with van der Waals surface area (Å²) in [5.41, 5.74) is 0. The van der Waals surface area contributed by atoms with Crippen LogP contribution in [0.2, 0.25) is 0 Å². The lowest BCUT2D eigenvalue weighted by atomic mass is 9.93. The molecule has 0 aromatic carbocycles. The Labute approximate surface area is 126 Å². The van der Waals surface area contributed by atoms with Crippen LogP contribution in [0.4, 0.5) is 5.95 Å². The fraction of sp³-hybridized carbons (Fsp3) is 0.667. The predicted octanol–water partition coefficient (Wildman–Crippen LogP) is 1.16. The highest BCUT2D eigenvalue weighted by molar-refractivity contribution is 5.80. The third-order valence-electron chi connectivity index (χ3n) is 4.27. The Bertz CT molecular complexity index is 470. The number of aliphatic imine (C=N–C) groups is 1. The maximum atomic E-state index is 4.35. The monoisotopic (exact) mass is 288 g/mol. The highest BCUT2D eigenvalue weighted by atomic mass is 15.3. The minimum atomic E-state index is 0.397. The summed E-state index contributed by atoms with van der Waals surface area (Å²) in [4.78, 5) is 15.3. The number of nitrogens with one attached hydrogen (secondary N) is 2. The molecule has 1 atom stereocenters. The summed E-state index contributed by atoms with van der Waals surface area (Å²) in [6.45, 7) is 1.95. The minimum Gasteiger partial charge on any atom is -0.354 e. The average Bonchev–Trinajstić information content (AvgIpc) is 2.51. The fourth-order valence-electron chi connectivity index (χ4n) is 2.84. The summed E-state index contributed by atoms with van der Waals surface area (Å²) in [6, 6.07) is 2.86. The molecule has 2 N–H and O–H groups in total. The van der Waals surface area contributed by atoms with Crippen LogP contribution < -0.4 is 15.5 Å². The summed E-state index contributed by atoms with van der Waals surface area (Å²) in [5.74, 6) is 1.76. The summed E-state index contributed by atoms with van der Waals surface area (Å²) in [7, 11) is 1.84. The van der Waals surface area contributed by atoms with Crippen molar-refractivity contribution in [2.45, 2.75) is 44.2 Å². The molecule has 0 radical (unpaired) electrons. The van der Waals surface area contributed by atoms with E-state index >= 15 is 0 Å². The first-order valence-corrected chi connectivity index (χ1v) is 7.87. The van der Waals surface area contributed by atoms with E-state index in [4.69, 9.17) is 0 Å². The maximum absolute atomic E-state index is 4.35. The van der Waals surface area contributed by atoms with E-state index in [-0.39, 0.29) is 0 Å². The SMILES string of the molecule is CN=C(NC1CCC1)NC1CCCN(c2ncccn2)C1. The number of hydrogen-bond acceptors (Lipinski definition) is 4. The van der Waals surface area contributed by atoms with Gasteiger partial charge in [0.05, 0.1) is 0 Å². The van der Waals surface area contributed by atoms with Gasteiger partial charge in [0, 0.05) is 44.6 Å². The van der Waals surface area contributed by atoms with Crippen LogP contribution in [0.1, 0.15) is 32.1 Å². The summed E-state index contributed by atoms with van der Waals surface area (Å²) in [5, 5.41) is 7.04. The molecule has 0 amide bonds. The van der Waals surface area contributed by atoms with E-state index in [1.54, 1.807) is 12.4 Å². The number of guanidine groups is 1. The highest BCUT2D eigenvalue weighted by Crippen LogP contribution is 2.18. The van der Waals surface area contributed by atoms with Crippen molar-refractivity contribution in [2.24, 2.45) is 4.99 Å². The lowest BCUT2D eigenvalue weighted by Gasteiger charge is -2.35. The molecule has 1 aliphatic carbocycles. The van der Waals surface area contributed by atoms with E-state index in [1.165, 1.54) is 19.3 Å². The van der Waals surface area contributed by atoms with Crippen LogP contribution in [0.3, 0.4) is 0 Å². The van der Waals surface area contributed by atoms with Gasteiger partial charge in [-0.1, -0.05) is 0 Å². The Morgan fingerprint density at radius 1 is 1.14 bits per heavy atom. The van der Waals surface area contributed by atoms with Crippen molar-refractivity contribution < 1.29 is 0 Å². The van der Waals surface area contributed by atoms with E-state index < -0.39 is 0 Å². The molecule has 1 aromatic heterocycles. The Balaban J connectivity index is 1.55. The lowest BCUT2D eigenvalue weighted by Crippen LogP contribution is -2.54. The first-order valence-electron chi connectivity index (χ1n) is 7.87. The van der Waals surface area contributed by atoms with E-state index in [0.29, 0.717) is 12.1 Å². The number of rotatable bonds is 3. The van der Waals surface area contributed by atoms with Crippen LogP contribution in [-0.2, 0) is 0 Å². The molecule has 2 fully saturated rings. The second-order valence-electron chi connectivity index (χ2n) is 5.82. The molecule has 6 nitrogen and oxygen atoms in total. The highest BCUT2D eigenvalue weighted by Gasteiger charge is 2.24. The molecule has 21 heavy (non-hydrogen) atoms. The molecule has 0 bridgehead atoms. The van der Waals surface area contributed by atoms with Gasteiger partial charge in [0.1, 0.15) is 0 Å². The molecule has 1 aromatic rings. The van der Waals surface area contributed by atoms with Crippen LogP contribution in [0, 0.1) is 0 Å². The van der Waals surface area contributed by atoms with Gasteiger partial charge in [-0.3, -0.25) is 4.99 Å². The van der Waals surface area contributed by atoms with Gasteiger partial charge in [-0.2, -0.15) is 0 Å². The molecular weight excluding hydrogens is 264 g/mol. The van der Waals surface area contributed by atoms with E-state index in [2.05, 4.69) is 30.5 Å². The van der Waals surface area contributed by atoms with Gasteiger partial charge in [0.15, 0.2) is 5.96 Å². The molecule has 0 spiro atoms. The molecule has 1 aliphatic heterocycles. The zero-order valence-electron chi connectivity index (χ0n) is 12.6. The van der Waals surface area contributed by atoms with Crippen molar-refractivity contribution in [2.75, 3.05) is 25.0 Å².